The van der Waals surface area contributed by atoms with Crippen LogP contribution >= 0.6 is 23.1 Å². The zero-order valence-electron chi connectivity index (χ0n) is 22.7. The third kappa shape index (κ3) is 5.54. The van der Waals surface area contributed by atoms with E-state index in [1.54, 1.807) is 0 Å². The quantitative estimate of drug-likeness (QED) is 0.169. The number of primary sulfonamides is 1. The Morgan fingerprint density at radius 3 is 2.22 bits per heavy atom. The first-order valence-corrected chi connectivity index (χ1v) is 16.3. The number of hydrogen-bond donors (Lipinski definition) is 2. The molecule has 3 atom stereocenters. The molecule has 0 spiro atoms. The largest absolute Gasteiger partial charge is 0.325 e. The highest BCUT2D eigenvalue weighted by atomic mass is 32.2. The molecule has 13 nitrogen and oxygen atoms in total. The molecule has 3 aromatic carbocycles. The molecular weight excluding hydrogens is 650 g/mol. The van der Waals surface area contributed by atoms with Gasteiger partial charge < -0.3 is 5.32 Å². The summed E-state index contributed by atoms with van der Waals surface area (Å²) in [6.45, 7) is -0.462. The number of nitrogens with two attached hydrogens (primary N) is 1. The SMILES string of the molecule is NS(=O)(=O)c1ccc(NC(=O)Cn2c3c(sc2=O)C(c2ccc(F)cc2)C2C(=O)N(c4ccc([N+](=O)[O-])cc4)C(=O)C2S3)cc1. The van der Waals surface area contributed by atoms with Crippen LogP contribution in [0.3, 0.4) is 0 Å². The second-order valence-electron chi connectivity index (χ2n) is 10.1. The number of carbonyl (C=O) groups excluding carboxylic acids is 3. The Morgan fingerprint density at radius 2 is 1.62 bits per heavy atom. The van der Waals surface area contributed by atoms with E-state index in [1.165, 1.54) is 77.4 Å². The molecule has 1 aromatic heterocycles. The van der Waals surface area contributed by atoms with Gasteiger partial charge >= 0.3 is 4.87 Å². The fraction of sp³-hybridized carbons (Fsp3) is 0.143. The molecule has 0 saturated carbocycles. The second kappa shape index (κ2) is 11.3. The number of carbonyl (C=O) groups is 3. The van der Waals surface area contributed by atoms with E-state index in [0.29, 0.717) is 15.5 Å². The minimum absolute atomic E-state index is 0.136. The fourth-order valence-electron chi connectivity index (χ4n) is 5.33. The molecule has 3 heterocycles. The monoisotopic (exact) mass is 669 g/mol. The summed E-state index contributed by atoms with van der Waals surface area (Å²) >= 11 is 1.77. The zero-order valence-corrected chi connectivity index (χ0v) is 25.1. The van der Waals surface area contributed by atoms with Crippen molar-refractivity contribution in [2.45, 2.75) is 27.6 Å². The number of nitrogens with one attached hydrogen (secondary N) is 1. The van der Waals surface area contributed by atoms with Gasteiger partial charge in [0, 0.05) is 28.6 Å². The Bertz CT molecular complexity index is 2050. The maximum atomic E-state index is 13.9. The number of nitro benzene ring substituents is 1. The van der Waals surface area contributed by atoms with Crippen molar-refractivity contribution >= 4 is 67.9 Å². The molecule has 1 fully saturated rings. The number of anilines is 2. The van der Waals surface area contributed by atoms with E-state index >= 15 is 0 Å². The summed E-state index contributed by atoms with van der Waals surface area (Å²) in [5, 5.41) is 18.1. The number of hydrogen-bond acceptors (Lipinski definition) is 10. The molecule has 3 unspecified atom stereocenters. The summed E-state index contributed by atoms with van der Waals surface area (Å²) in [5.74, 6) is -4.16. The lowest BCUT2D eigenvalue weighted by molar-refractivity contribution is -0.384. The first-order chi connectivity index (χ1) is 21.3. The highest BCUT2D eigenvalue weighted by Gasteiger charge is 2.56. The molecule has 0 bridgehead atoms. The molecule has 0 radical (unpaired) electrons. The summed E-state index contributed by atoms with van der Waals surface area (Å²) in [5.41, 5.74) is 0.639. The van der Waals surface area contributed by atoms with Crippen LogP contribution < -0.4 is 20.2 Å². The Morgan fingerprint density at radius 1 is 0.978 bits per heavy atom. The van der Waals surface area contributed by atoms with Gasteiger partial charge in [0.2, 0.25) is 27.7 Å². The number of nitrogens with zero attached hydrogens (tertiary/aromatic N) is 3. The van der Waals surface area contributed by atoms with Crippen molar-refractivity contribution in [3.05, 3.63) is 109 Å². The highest BCUT2D eigenvalue weighted by molar-refractivity contribution is 8.00. The number of nitro groups is 1. The lowest BCUT2D eigenvalue weighted by Gasteiger charge is -2.30. The van der Waals surface area contributed by atoms with Crippen LogP contribution in [0.2, 0.25) is 0 Å². The van der Waals surface area contributed by atoms with Gasteiger partial charge in [-0.15, -0.1) is 0 Å². The highest BCUT2D eigenvalue weighted by Crippen LogP contribution is 2.53. The van der Waals surface area contributed by atoms with Crippen LogP contribution in [0.25, 0.3) is 0 Å². The van der Waals surface area contributed by atoms with Crippen LogP contribution in [0.15, 0.2) is 87.5 Å². The van der Waals surface area contributed by atoms with Crippen molar-refractivity contribution in [3.63, 3.8) is 0 Å². The number of thiazole rings is 1. The standard InChI is InChI=1S/C28H20FN5O8S3/c29-15-3-1-14(2-4-15)21-22-23(26(37)33(25(22)36)17-7-9-18(10-8-17)34(39)40)43-27-24(21)44-28(38)32(27)13-20(35)31-16-5-11-19(12-6-16)45(30,41)42/h1-12,21-23H,13H2,(H,31,35)(H2,30,41,42). The Hall–Kier alpha value is -4.71. The van der Waals surface area contributed by atoms with Gasteiger partial charge in [-0.05, 0) is 54.1 Å². The number of benzene rings is 3. The van der Waals surface area contributed by atoms with Gasteiger partial charge in [0.1, 0.15) is 17.6 Å². The average molecular weight is 670 g/mol. The summed E-state index contributed by atoms with van der Waals surface area (Å²) in [7, 11) is -3.94. The van der Waals surface area contributed by atoms with E-state index in [1.807, 2.05) is 0 Å². The van der Waals surface area contributed by atoms with Crippen LogP contribution in [0, 0.1) is 21.8 Å². The molecular formula is C28H20FN5O8S3. The van der Waals surface area contributed by atoms with Crippen molar-refractivity contribution in [2.75, 3.05) is 10.2 Å². The molecule has 17 heteroatoms. The van der Waals surface area contributed by atoms with Crippen molar-refractivity contribution in [1.29, 1.82) is 0 Å². The molecule has 3 amide bonds. The van der Waals surface area contributed by atoms with E-state index in [0.717, 1.165) is 28.0 Å². The number of fused-ring (bicyclic) bond motifs is 2. The number of amides is 3. The van der Waals surface area contributed by atoms with Crippen LogP contribution in [0.1, 0.15) is 16.4 Å². The second-order valence-corrected chi connectivity index (χ2v) is 13.8. The number of non-ortho nitro benzene ring substituents is 1. The lowest BCUT2D eigenvalue weighted by atomic mass is 9.83. The molecule has 230 valence electrons. The van der Waals surface area contributed by atoms with E-state index < -0.39 is 67.0 Å². The Kier molecular flexibility index (Phi) is 7.64. The molecule has 2 aliphatic rings. The van der Waals surface area contributed by atoms with Crippen molar-refractivity contribution in [3.8, 4) is 0 Å². The lowest BCUT2D eigenvalue weighted by Crippen LogP contribution is -2.33. The third-order valence-corrected chi connectivity index (χ3v) is 10.9. The molecule has 2 aliphatic heterocycles. The summed E-state index contributed by atoms with van der Waals surface area (Å²) in [6.07, 6.45) is 0. The van der Waals surface area contributed by atoms with Crippen LogP contribution in [0.5, 0.6) is 0 Å². The van der Waals surface area contributed by atoms with Crippen molar-refractivity contribution < 1.29 is 32.1 Å². The third-order valence-electron chi connectivity index (χ3n) is 7.37. The van der Waals surface area contributed by atoms with E-state index in [9.17, 15) is 42.1 Å². The Balaban J connectivity index is 1.36. The number of halogens is 1. The summed E-state index contributed by atoms with van der Waals surface area (Å²) in [6, 6.07) is 15.4. The van der Waals surface area contributed by atoms with Gasteiger partial charge in [-0.2, -0.15) is 0 Å². The first kappa shape index (κ1) is 30.3. The van der Waals surface area contributed by atoms with Gasteiger partial charge in [0.05, 0.1) is 26.5 Å². The minimum Gasteiger partial charge on any atom is -0.325 e. The molecule has 6 rings (SSSR count). The number of sulfonamides is 1. The minimum atomic E-state index is -3.94. The number of imide groups is 1. The summed E-state index contributed by atoms with van der Waals surface area (Å²) in [4.78, 5) is 65.1. The van der Waals surface area contributed by atoms with Crippen LogP contribution in [-0.4, -0.2) is 40.9 Å². The number of aromatic nitrogens is 1. The average Bonchev–Trinajstić information content (AvgIpc) is 3.43. The molecule has 0 aliphatic carbocycles. The molecule has 4 aromatic rings. The van der Waals surface area contributed by atoms with Gasteiger partial charge in [-0.25, -0.2) is 22.8 Å². The first-order valence-electron chi connectivity index (χ1n) is 13.0. The fourth-order valence-corrected chi connectivity index (χ4v) is 8.62. The van der Waals surface area contributed by atoms with E-state index in [-0.39, 0.29) is 22.0 Å². The van der Waals surface area contributed by atoms with Crippen molar-refractivity contribution in [1.82, 2.24) is 4.57 Å². The van der Waals surface area contributed by atoms with E-state index in [4.69, 9.17) is 5.14 Å². The molecule has 1 saturated heterocycles. The zero-order chi connectivity index (χ0) is 32.2. The van der Waals surface area contributed by atoms with Gasteiger partial charge in [0.25, 0.3) is 5.69 Å². The maximum Gasteiger partial charge on any atom is 0.308 e. The number of rotatable bonds is 7. The number of thioether (sulfide) groups is 1. The Labute approximate surface area is 261 Å². The van der Waals surface area contributed by atoms with Crippen LogP contribution in [0.4, 0.5) is 21.5 Å². The predicted molar refractivity (Wildman–Crippen MR) is 162 cm³/mol. The van der Waals surface area contributed by atoms with Crippen molar-refractivity contribution in [2.24, 2.45) is 11.1 Å². The van der Waals surface area contributed by atoms with Crippen LogP contribution in [-0.2, 0) is 31.0 Å². The van der Waals surface area contributed by atoms with E-state index in [2.05, 4.69) is 5.32 Å². The predicted octanol–water partition coefficient (Wildman–Crippen LogP) is 3.04. The maximum absolute atomic E-state index is 13.9. The topological polar surface area (TPSA) is 192 Å². The smallest absolute Gasteiger partial charge is 0.308 e. The van der Waals surface area contributed by atoms with Gasteiger partial charge in [-0.3, -0.25) is 33.9 Å². The molecule has 45 heavy (non-hydrogen) atoms. The normalized spacial score (nSPS) is 19.2. The van der Waals surface area contributed by atoms with Gasteiger partial charge in [-0.1, -0.05) is 35.2 Å². The molecule has 3 N–H and O–H groups in total. The summed E-state index contributed by atoms with van der Waals surface area (Å²) < 4.78 is 38.1. The van der Waals surface area contributed by atoms with Gasteiger partial charge in [0.15, 0.2) is 0 Å².